The average Bonchev–Trinajstić information content (AvgIpc) is 3.26. The van der Waals surface area contributed by atoms with Crippen LogP contribution < -0.4 is 5.32 Å². The van der Waals surface area contributed by atoms with Crippen LogP contribution in [0.4, 0.5) is 0 Å². The summed E-state index contributed by atoms with van der Waals surface area (Å²) in [5.74, 6) is -0.541. The summed E-state index contributed by atoms with van der Waals surface area (Å²) >= 11 is 1.56. The maximum atomic E-state index is 13.1. The second-order valence-electron chi connectivity index (χ2n) is 6.76. The molecule has 2 fully saturated rings. The molecule has 5 nitrogen and oxygen atoms in total. The number of likely N-dealkylation sites (tertiary alicyclic amines) is 1. The Hall–Kier alpha value is -2.47. The number of hydrogen-bond donors (Lipinski definition) is 1. The van der Waals surface area contributed by atoms with Gasteiger partial charge >= 0.3 is 0 Å². The van der Waals surface area contributed by atoms with E-state index in [-0.39, 0.29) is 24.1 Å². The number of imide groups is 1. The molecule has 1 aromatic carbocycles. The lowest BCUT2D eigenvalue weighted by Crippen LogP contribution is -2.36. The van der Waals surface area contributed by atoms with Crippen LogP contribution in [0.1, 0.15) is 28.1 Å². The maximum absolute atomic E-state index is 13.1. The molecule has 2 saturated heterocycles. The molecule has 0 saturated carbocycles. The summed E-state index contributed by atoms with van der Waals surface area (Å²) in [5.41, 5.74) is 1.93. The largest absolute Gasteiger partial charge is 0.337 e. The first kappa shape index (κ1) is 16.0. The monoisotopic (exact) mass is 354 g/mol. The van der Waals surface area contributed by atoms with Gasteiger partial charge in [0.05, 0.1) is 11.0 Å². The standard InChI is InChI=1S/C19H18N2O3S/c1-12-16(13-5-3-2-4-6-13)14(10-25-12)17(23)21-8-7-19(11-21)9-15(22)20-18(19)24/h2-6,10H,7-9,11H2,1H3,(H,20,22,24)/t19-/m1/s1. The van der Waals surface area contributed by atoms with Crippen LogP contribution in [-0.4, -0.2) is 35.7 Å². The van der Waals surface area contributed by atoms with Gasteiger partial charge in [0.25, 0.3) is 5.91 Å². The van der Waals surface area contributed by atoms with Gasteiger partial charge in [-0.1, -0.05) is 30.3 Å². The van der Waals surface area contributed by atoms with Gasteiger partial charge in [0, 0.05) is 35.3 Å². The normalized spacial score (nSPS) is 22.7. The summed E-state index contributed by atoms with van der Waals surface area (Å²) < 4.78 is 0. The van der Waals surface area contributed by atoms with Crippen molar-refractivity contribution >= 4 is 29.1 Å². The molecule has 0 radical (unpaired) electrons. The number of nitrogens with one attached hydrogen (secondary N) is 1. The van der Waals surface area contributed by atoms with Crippen molar-refractivity contribution in [2.75, 3.05) is 13.1 Å². The van der Waals surface area contributed by atoms with Crippen molar-refractivity contribution in [1.29, 1.82) is 0 Å². The Morgan fingerprint density at radius 2 is 2.00 bits per heavy atom. The molecule has 2 aliphatic heterocycles. The van der Waals surface area contributed by atoms with Gasteiger partial charge in [-0.25, -0.2) is 0 Å². The Morgan fingerprint density at radius 1 is 1.24 bits per heavy atom. The highest BCUT2D eigenvalue weighted by Crippen LogP contribution is 2.40. The minimum Gasteiger partial charge on any atom is -0.337 e. The Morgan fingerprint density at radius 3 is 2.68 bits per heavy atom. The van der Waals surface area contributed by atoms with Crippen molar-refractivity contribution in [3.63, 3.8) is 0 Å². The van der Waals surface area contributed by atoms with Gasteiger partial charge in [0.2, 0.25) is 11.8 Å². The van der Waals surface area contributed by atoms with Gasteiger partial charge in [-0.2, -0.15) is 0 Å². The lowest BCUT2D eigenvalue weighted by atomic mass is 9.85. The molecule has 0 bridgehead atoms. The van der Waals surface area contributed by atoms with E-state index < -0.39 is 5.41 Å². The second-order valence-corrected chi connectivity index (χ2v) is 7.84. The summed E-state index contributed by atoms with van der Waals surface area (Å²) in [4.78, 5) is 39.6. The highest BCUT2D eigenvalue weighted by Gasteiger charge is 2.52. The minimum absolute atomic E-state index is 0.0628. The van der Waals surface area contributed by atoms with Gasteiger partial charge in [-0.3, -0.25) is 19.7 Å². The Kier molecular flexibility index (Phi) is 3.72. The quantitative estimate of drug-likeness (QED) is 0.843. The van der Waals surface area contributed by atoms with Crippen molar-refractivity contribution in [3.05, 3.63) is 46.2 Å². The summed E-state index contributed by atoms with van der Waals surface area (Å²) in [5, 5.41) is 4.27. The first-order valence-corrected chi connectivity index (χ1v) is 9.15. The molecule has 128 valence electrons. The van der Waals surface area contributed by atoms with Gasteiger partial charge in [0.1, 0.15) is 0 Å². The maximum Gasteiger partial charge on any atom is 0.255 e. The van der Waals surface area contributed by atoms with Crippen molar-refractivity contribution in [2.45, 2.75) is 19.8 Å². The molecule has 6 heteroatoms. The first-order valence-electron chi connectivity index (χ1n) is 8.27. The molecular formula is C19H18N2O3S. The van der Waals surface area contributed by atoms with E-state index in [9.17, 15) is 14.4 Å². The fourth-order valence-corrected chi connectivity index (χ4v) is 4.67. The zero-order chi connectivity index (χ0) is 17.6. The Bertz CT molecular complexity index is 874. The number of benzene rings is 1. The van der Waals surface area contributed by atoms with Crippen LogP contribution >= 0.6 is 11.3 Å². The molecule has 2 aromatic rings. The zero-order valence-electron chi connectivity index (χ0n) is 13.9. The number of aryl methyl sites for hydroxylation is 1. The molecule has 1 spiro atoms. The third kappa shape index (κ3) is 2.57. The molecule has 0 aliphatic carbocycles. The molecule has 25 heavy (non-hydrogen) atoms. The average molecular weight is 354 g/mol. The highest BCUT2D eigenvalue weighted by molar-refractivity contribution is 7.10. The van der Waals surface area contributed by atoms with Crippen LogP contribution in [0.3, 0.4) is 0 Å². The summed E-state index contributed by atoms with van der Waals surface area (Å²) in [6, 6.07) is 9.87. The Labute approximate surface area is 149 Å². The number of carbonyl (C=O) groups excluding carboxylic acids is 3. The fourth-order valence-electron chi connectivity index (χ4n) is 3.81. The molecule has 0 unspecified atom stereocenters. The van der Waals surface area contributed by atoms with Gasteiger partial charge in [-0.15, -0.1) is 11.3 Å². The van der Waals surface area contributed by atoms with Gasteiger partial charge in [0.15, 0.2) is 0 Å². The first-order chi connectivity index (χ1) is 12.0. The summed E-state index contributed by atoms with van der Waals surface area (Å²) in [6.45, 7) is 2.83. The number of amides is 3. The predicted molar refractivity (Wildman–Crippen MR) is 95.2 cm³/mol. The number of thiophene rings is 1. The van der Waals surface area contributed by atoms with E-state index in [4.69, 9.17) is 0 Å². The highest BCUT2D eigenvalue weighted by atomic mass is 32.1. The predicted octanol–water partition coefficient (Wildman–Crippen LogP) is 2.60. The summed E-state index contributed by atoms with van der Waals surface area (Å²) in [7, 11) is 0. The van der Waals surface area contributed by atoms with Crippen LogP contribution in [0.25, 0.3) is 11.1 Å². The van der Waals surface area contributed by atoms with Crippen LogP contribution in [0.5, 0.6) is 0 Å². The van der Waals surface area contributed by atoms with Crippen molar-refractivity contribution in [3.8, 4) is 11.1 Å². The third-order valence-electron chi connectivity index (χ3n) is 5.14. The molecular weight excluding hydrogens is 336 g/mol. The van der Waals surface area contributed by atoms with Crippen LogP contribution in [0, 0.1) is 12.3 Å². The van der Waals surface area contributed by atoms with Crippen molar-refractivity contribution < 1.29 is 14.4 Å². The zero-order valence-corrected chi connectivity index (χ0v) is 14.7. The van der Waals surface area contributed by atoms with E-state index >= 15 is 0 Å². The lowest BCUT2D eigenvalue weighted by Gasteiger charge is -2.20. The minimum atomic E-state index is -0.731. The van der Waals surface area contributed by atoms with E-state index in [1.807, 2.05) is 42.6 Å². The van der Waals surface area contributed by atoms with Gasteiger partial charge < -0.3 is 4.90 Å². The lowest BCUT2D eigenvalue weighted by molar-refractivity contribution is -0.128. The smallest absolute Gasteiger partial charge is 0.255 e. The molecule has 2 aliphatic rings. The molecule has 3 amide bonds. The van der Waals surface area contributed by atoms with E-state index in [2.05, 4.69) is 5.32 Å². The molecule has 1 N–H and O–H groups in total. The van der Waals surface area contributed by atoms with Crippen molar-refractivity contribution in [1.82, 2.24) is 10.2 Å². The second kappa shape index (κ2) is 5.81. The SMILES string of the molecule is Cc1scc(C(=O)N2CC[C@@]3(CC(=O)NC3=O)C2)c1-c1ccccc1. The molecule has 1 atom stereocenters. The topological polar surface area (TPSA) is 66.5 Å². The number of carbonyl (C=O) groups is 3. The molecule has 1 aromatic heterocycles. The van der Waals surface area contributed by atoms with E-state index in [0.29, 0.717) is 25.1 Å². The van der Waals surface area contributed by atoms with E-state index in [1.54, 1.807) is 16.2 Å². The van der Waals surface area contributed by atoms with Crippen LogP contribution in [0.2, 0.25) is 0 Å². The van der Waals surface area contributed by atoms with Crippen molar-refractivity contribution in [2.24, 2.45) is 5.41 Å². The molecule has 4 rings (SSSR count). The van der Waals surface area contributed by atoms with Crippen LogP contribution in [-0.2, 0) is 9.59 Å². The van der Waals surface area contributed by atoms with Gasteiger partial charge in [-0.05, 0) is 18.9 Å². The number of rotatable bonds is 2. The molecule has 3 heterocycles. The summed E-state index contributed by atoms with van der Waals surface area (Å²) in [6.07, 6.45) is 0.726. The fraction of sp³-hybridized carbons (Fsp3) is 0.316. The number of hydrogen-bond acceptors (Lipinski definition) is 4. The number of nitrogens with zero attached hydrogens (tertiary/aromatic N) is 1. The van der Waals surface area contributed by atoms with Crippen LogP contribution in [0.15, 0.2) is 35.7 Å². The third-order valence-corrected chi connectivity index (χ3v) is 6.05. The van der Waals surface area contributed by atoms with E-state index in [1.165, 1.54) is 0 Å². The van der Waals surface area contributed by atoms with E-state index in [0.717, 1.165) is 16.0 Å². The Balaban J connectivity index is 1.63.